The van der Waals surface area contributed by atoms with Gasteiger partial charge in [0.25, 0.3) is 0 Å². The quantitative estimate of drug-likeness (QED) is 0.871. The van der Waals surface area contributed by atoms with E-state index in [0.717, 1.165) is 38.0 Å². The van der Waals surface area contributed by atoms with Gasteiger partial charge in [0.1, 0.15) is 5.75 Å². The number of rotatable bonds is 3. The highest BCUT2D eigenvalue weighted by atomic mass is 16.5. The average molecular weight is 232 g/mol. The van der Waals surface area contributed by atoms with Gasteiger partial charge in [0.2, 0.25) is 0 Å². The molecule has 2 aliphatic rings. The van der Waals surface area contributed by atoms with E-state index in [9.17, 15) is 4.79 Å². The van der Waals surface area contributed by atoms with Gasteiger partial charge >= 0.3 is 5.97 Å². The smallest absolute Gasteiger partial charge is 0.304 e. The number of carbonyl (C=O) groups is 1. The van der Waals surface area contributed by atoms with Crippen LogP contribution < -0.4 is 4.74 Å². The molecule has 3 heteroatoms. The standard InChI is InChI=1S/C14H16O3/c15-13(16)9-14(5-1-6-14)11-2-3-12-10(8-11)4-7-17-12/h2-3,8H,1,4-7,9H2,(H,15,16). The van der Waals surface area contributed by atoms with Gasteiger partial charge in [-0.1, -0.05) is 18.6 Å². The summed E-state index contributed by atoms with van der Waals surface area (Å²) in [6.45, 7) is 0.755. The zero-order chi connectivity index (χ0) is 11.9. The number of aliphatic carboxylic acids is 1. The second kappa shape index (κ2) is 3.76. The molecule has 1 aliphatic heterocycles. The van der Waals surface area contributed by atoms with Crippen molar-refractivity contribution < 1.29 is 14.6 Å². The van der Waals surface area contributed by atoms with Crippen LogP contribution in [0.15, 0.2) is 18.2 Å². The minimum Gasteiger partial charge on any atom is -0.493 e. The third kappa shape index (κ3) is 1.70. The summed E-state index contributed by atoms with van der Waals surface area (Å²) in [5.74, 6) is 0.278. The van der Waals surface area contributed by atoms with Gasteiger partial charge in [-0.15, -0.1) is 0 Å². The Kier molecular flexibility index (Phi) is 2.35. The van der Waals surface area contributed by atoms with Crippen molar-refractivity contribution in [1.82, 2.24) is 0 Å². The SMILES string of the molecule is O=C(O)CC1(c2ccc3c(c2)CCO3)CCC1. The molecule has 1 saturated carbocycles. The normalized spacial score (nSPS) is 20.2. The minimum atomic E-state index is -0.693. The topological polar surface area (TPSA) is 46.5 Å². The van der Waals surface area contributed by atoms with Gasteiger partial charge in [0, 0.05) is 11.8 Å². The summed E-state index contributed by atoms with van der Waals surface area (Å²) in [7, 11) is 0. The van der Waals surface area contributed by atoms with Crippen LogP contribution in [0.3, 0.4) is 0 Å². The molecule has 1 N–H and O–H groups in total. The van der Waals surface area contributed by atoms with Gasteiger partial charge < -0.3 is 9.84 Å². The number of ether oxygens (including phenoxy) is 1. The molecule has 1 aromatic rings. The zero-order valence-electron chi connectivity index (χ0n) is 9.74. The lowest BCUT2D eigenvalue weighted by molar-refractivity contribution is -0.139. The van der Waals surface area contributed by atoms with E-state index in [1.54, 1.807) is 0 Å². The molecule has 1 heterocycles. The fourth-order valence-electron chi connectivity index (χ4n) is 2.98. The second-order valence-corrected chi connectivity index (χ2v) is 5.13. The van der Waals surface area contributed by atoms with Crippen molar-refractivity contribution >= 4 is 5.97 Å². The maximum atomic E-state index is 11.0. The lowest BCUT2D eigenvalue weighted by Gasteiger charge is -2.41. The van der Waals surface area contributed by atoms with Crippen LogP contribution in [-0.2, 0) is 16.6 Å². The maximum absolute atomic E-state index is 11.0. The molecule has 0 spiro atoms. The molecule has 3 rings (SSSR count). The number of hydrogen-bond donors (Lipinski definition) is 1. The number of fused-ring (bicyclic) bond motifs is 1. The lowest BCUT2D eigenvalue weighted by atomic mass is 9.62. The van der Waals surface area contributed by atoms with Crippen molar-refractivity contribution in [2.45, 2.75) is 37.5 Å². The van der Waals surface area contributed by atoms with Gasteiger partial charge in [-0.3, -0.25) is 4.79 Å². The van der Waals surface area contributed by atoms with E-state index in [1.807, 2.05) is 12.1 Å². The molecular weight excluding hydrogens is 216 g/mol. The van der Waals surface area contributed by atoms with Crippen LogP contribution in [0.2, 0.25) is 0 Å². The van der Waals surface area contributed by atoms with Crippen molar-refractivity contribution in [1.29, 1.82) is 0 Å². The number of benzene rings is 1. The lowest BCUT2D eigenvalue weighted by Crippen LogP contribution is -2.36. The summed E-state index contributed by atoms with van der Waals surface area (Å²) in [6.07, 6.45) is 4.34. The molecule has 0 aromatic heterocycles. The van der Waals surface area contributed by atoms with Crippen LogP contribution in [0.5, 0.6) is 5.75 Å². The van der Waals surface area contributed by atoms with Crippen LogP contribution in [0.25, 0.3) is 0 Å². The molecular formula is C14H16O3. The van der Waals surface area contributed by atoms with Gasteiger partial charge in [0.05, 0.1) is 13.0 Å². The van der Waals surface area contributed by atoms with Crippen molar-refractivity contribution in [2.75, 3.05) is 6.61 Å². The first kappa shape index (κ1) is 10.6. The largest absolute Gasteiger partial charge is 0.493 e. The molecule has 1 fully saturated rings. The summed E-state index contributed by atoms with van der Waals surface area (Å²) >= 11 is 0. The van der Waals surface area contributed by atoms with E-state index in [4.69, 9.17) is 9.84 Å². The molecule has 0 unspecified atom stereocenters. The number of carboxylic acids is 1. The summed E-state index contributed by atoms with van der Waals surface area (Å²) < 4.78 is 5.48. The van der Waals surface area contributed by atoms with E-state index in [0.29, 0.717) is 0 Å². The van der Waals surface area contributed by atoms with Gasteiger partial charge in [-0.05, 0) is 30.0 Å². The summed E-state index contributed by atoms with van der Waals surface area (Å²) in [5, 5.41) is 9.04. The Morgan fingerprint density at radius 1 is 1.41 bits per heavy atom. The van der Waals surface area contributed by atoms with E-state index in [2.05, 4.69) is 6.07 Å². The van der Waals surface area contributed by atoms with Crippen molar-refractivity contribution in [3.63, 3.8) is 0 Å². The monoisotopic (exact) mass is 232 g/mol. The Hall–Kier alpha value is -1.51. The summed E-state index contributed by atoms with van der Waals surface area (Å²) in [4.78, 5) is 11.0. The van der Waals surface area contributed by atoms with Gasteiger partial charge in [0.15, 0.2) is 0 Å². The molecule has 1 aromatic carbocycles. The predicted molar refractivity (Wildman–Crippen MR) is 63.4 cm³/mol. The molecule has 0 saturated heterocycles. The summed E-state index contributed by atoms with van der Waals surface area (Å²) in [6, 6.07) is 6.20. The molecule has 0 bridgehead atoms. The predicted octanol–water partition coefficient (Wildman–Crippen LogP) is 2.52. The Morgan fingerprint density at radius 2 is 2.24 bits per heavy atom. The Bertz CT molecular complexity index is 461. The van der Waals surface area contributed by atoms with Crippen LogP contribution in [0, 0.1) is 0 Å². The summed E-state index contributed by atoms with van der Waals surface area (Å²) in [5.41, 5.74) is 2.32. The molecule has 0 atom stereocenters. The van der Waals surface area contributed by atoms with Gasteiger partial charge in [-0.2, -0.15) is 0 Å². The first-order valence-corrected chi connectivity index (χ1v) is 6.18. The van der Waals surface area contributed by atoms with Crippen LogP contribution in [0.1, 0.15) is 36.8 Å². The Labute approximate surface area is 100 Å². The van der Waals surface area contributed by atoms with E-state index in [-0.39, 0.29) is 11.8 Å². The first-order chi connectivity index (χ1) is 8.20. The highest BCUT2D eigenvalue weighted by Gasteiger charge is 2.40. The van der Waals surface area contributed by atoms with Crippen molar-refractivity contribution in [3.05, 3.63) is 29.3 Å². The van der Waals surface area contributed by atoms with Crippen molar-refractivity contribution in [3.8, 4) is 5.75 Å². The highest BCUT2D eigenvalue weighted by molar-refractivity contribution is 5.69. The third-order valence-corrected chi connectivity index (χ3v) is 4.10. The van der Waals surface area contributed by atoms with Crippen LogP contribution in [0.4, 0.5) is 0 Å². The van der Waals surface area contributed by atoms with E-state index < -0.39 is 5.97 Å². The Balaban J connectivity index is 1.94. The minimum absolute atomic E-state index is 0.108. The first-order valence-electron chi connectivity index (χ1n) is 6.18. The number of hydrogen-bond acceptors (Lipinski definition) is 2. The van der Waals surface area contributed by atoms with Gasteiger partial charge in [-0.25, -0.2) is 0 Å². The highest BCUT2D eigenvalue weighted by Crippen LogP contribution is 2.47. The molecule has 90 valence electrons. The van der Waals surface area contributed by atoms with E-state index >= 15 is 0 Å². The molecule has 3 nitrogen and oxygen atoms in total. The molecule has 0 amide bonds. The fraction of sp³-hybridized carbons (Fsp3) is 0.500. The average Bonchev–Trinajstić information content (AvgIpc) is 2.69. The molecule has 1 aliphatic carbocycles. The number of carboxylic acid groups (broad SMARTS) is 1. The second-order valence-electron chi connectivity index (χ2n) is 5.13. The fourth-order valence-corrected chi connectivity index (χ4v) is 2.98. The zero-order valence-corrected chi connectivity index (χ0v) is 9.74. The molecule has 17 heavy (non-hydrogen) atoms. The van der Waals surface area contributed by atoms with Crippen LogP contribution in [-0.4, -0.2) is 17.7 Å². The molecule has 0 radical (unpaired) electrons. The maximum Gasteiger partial charge on any atom is 0.304 e. The Morgan fingerprint density at radius 3 is 2.88 bits per heavy atom. The van der Waals surface area contributed by atoms with Crippen molar-refractivity contribution in [2.24, 2.45) is 0 Å². The third-order valence-electron chi connectivity index (χ3n) is 4.10. The van der Waals surface area contributed by atoms with Crippen LogP contribution >= 0.6 is 0 Å². The van der Waals surface area contributed by atoms with E-state index in [1.165, 1.54) is 11.1 Å².